The summed E-state index contributed by atoms with van der Waals surface area (Å²) in [5.74, 6) is 0.381. The van der Waals surface area contributed by atoms with E-state index in [1.807, 2.05) is 27.7 Å². The maximum atomic E-state index is 8.83. The van der Waals surface area contributed by atoms with Gasteiger partial charge in [0.15, 0.2) is 0 Å². The number of oxime groups is 2. The normalized spacial score (nSPS) is 16.4. The fraction of sp³-hybridized carbons (Fsp3) is 0.857. The Morgan fingerprint density at radius 2 is 1.20 bits per heavy atom. The Morgan fingerprint density at radius 1 is 0.900 bits per heavy atom. The maximum absolute atomic E-state index is 8.83. The molecular formula is C14H30N4O2. The standard InChI is InChI=1S/C14H30N4O2/c1-10(8-15-13(4,5)11(2)17-19)9-16-14(6,7)12(3)18-20/h10,15-16,19-20H,8-9H2,1-7H3/b17-11+,18-12+. The molecule has 0 aromatic rings. The van der Waals surface area contributed by atoms with Crippen LogP contribution in [0, 0.1) is 5.92 Å². The van der Waals surface area contributed by atoms with Crippen molar-refractivity contribution < 1.29 is 10.4 Å². The molecule has 0 saturated carbocycles. The Hall–Kier alpha value is -1.14. The largest absolute Gasteiger partial charge is 0.411 e. The Balaban J connectivity index is 4.30. The molecule has 0 aliphatic rings. The average molecular weight is 286 g/mol. The van der Waals surface area contributed by atoms with Gasteiger partial charge in [0.25, 0.3) is 0 Å². The van der Waals surface area contributed by atoms with Crippen molar-refractivity contribution in [3.8, 4) is 0 Å². The molecule has 0 bridgehead atoms. The Labute approximate surface area is 122 Å². The van der Waals surface area contributed by atoms with Gasteiger partial charge >= 0.3 is 0 Å². The summed E-state index contributed by atoms with van der Waals surface area (Å²) in [5, 5.41) is 30.9. The van der Waals surface area contributed by atoms with Gasteiger partial charge in [0.1, 0.15) is 0 Å². The van der Waals surface area contributed by atoms with Crippen LogP contribution in [0.1, 0.15) is 48.5 Å². The molecule has 0 unspecified atom stereocenters. The average Bonchev–Trinajstić information content (AvgIpc) is 2.40. The minimum atomic E-state index is -0.332. The first kappa shape index (κ1) is 18.9. The van der Waals surface area contributed by atoms with Crippen molar-refractivity contribution in [3.05, 3.63) is 0 Å². The SMILES string of the molecule is C/C(=N\O)C(C)(C)NCC(C)CNC(C)(C)/C(C)=N/O. The van der Waals surface area contributed by atoms with Crippen molar-refractivity contribution in [3.63, 3.8) is 0 Å². The zero-order valence-corrected chi connectivity index (χ0v) is 13.8. The zero-order chi connectivity index (χ0) is 16.0. The molecule has 0 heterocycles. The van der Waals surface area contributed by atoms with Crippen molar-refractivity contribution in [2.45, 2.75) is 59.5 Å². The molecule has 0 fully saturated rings. The van der Waals surface area contributed by atoms with Crippen molar-refractivity contribution in [1.29, 1.82) is 0 Å². The second-order valence-corrected chi connectivity index (χ2v) is 6.49. The first-order valence-electron chi connectivity index (χ1n) is 6.95. The molecule has 0 aliphatic carbocycles. The quantitative estimate of drug-likeness (QED) is 0.312. The fourth-order valence-electron chi connectivity index (χ4n) is 1.44. The van der Waals surface area contributed by atoms with Crippen LogP contribution < -0.4 is 10.6 Å². The van der Waals surface area contributed by atoms with Gasteiger partial charge in [-0.15, -0.1) is 0 Å². The number of nitrogens with one attached hydrogen (secondary N) is 2. The summed E-state index contributed by atoms with van der Waals surface area (Å²) in [4.78, 5) is 0. The van der Waals surface area contributed by atoms with Crippen LogP contribution in [0.5, 0.6) is 0 Å². The molecule has 6 heteroatoms. The highest BCUT2D eigenvalue weighted by atomic mass is 16.4. The molecule has 0 spiro atoms. The van der Waals surface area contributed by atoms with Gasteiger partial charge < -0.3 is 21.0 Å². The second kappa shape index (κ2) is 7.59. The van der Waals surface area contributed by atoms with E-state index in [2.05, 4.69) is 27.9 Å². The smallest absolute Gasteiger partial charge is 0.0734 e. The lowest BCUT2D eigenvalue weighted by Crippen LogP contribution is -2.51. The predicted octanol–water partition coefficient (Wildman–Crippen LogP) is 2.06. The first-order valence-corrected chi connectivity index (χ1v) is 6.95. The van der Waals surface area contributed by atoms with E-state index >= 15 is 0 Å². The molecule has 0 aromatic heterocycles. The molecular weight excluding hydrogens is 256 g/mol. The number of nitrogens with zero attached hydrogens (tertiary/aromatic N) is 2. The zero-order valence-electron chi connectivity index (χ0n) is 13.8. The summed E-state index contributed by atoms with van der Waals surface area (Å²) in [6.07, 6.45) is 0. The number of hydrogen-bond acceptors (Lipinski definition) is 6. The number of rotatable bonds is 8. The molecule has 0 rings (SSSR count). The highest BCUT2D eigenvalue weighted by molar-refractivity contribution is 5.90. The molecule has 118 valence electrons. The minimum Gasteiger partial charge on any atom is -0.411 e. The van der Waals surface area contributed by atoms with Gasteiger partial charge in [-0.1, -0.05) is 17.2 Å². The van der Waals surface area contributed by atoms with Crippen molar-refractivity contribution in [2.24, 2.45) is 16.2 Å². The van der Waals surface area contributed by atoms with Gasteiger partial charge in [-0.25, -0.2) is 0 Å². The third-order valence-electron chi connectivity index (χ3n) is 3.89. The van der Waals surface area contributed by atoms with Crippen LogP contribution in [0.2, 0.25) is 0 Å². The lowest BCUT2D eigenvalue weighted by atomic mass is 9.97. The van der Waals surface area contributed by atoms with E-state index in [9.17, 15) is 0 Å². The van der Waals surface area contributed by atoms with Gasteiger partial charge in [0, 0.05) is 0 Å². The molecule has 0 aliphatic heterocycles. The Morgan fingerprint density at radius 3 is 1.45 bits per heavy atom. The first-order chi connectivity index (χ1) is 9.06. The van der Waals surface area contributed by atoms with E-state index in [4.69, 9.17) is 10.4 Å². The Kier molecular flexibility index (Phi) is 7.16. The molecule has 0 aromatic carbocycles. The monoisotopic (exact) mass is 286 g/mol. The van der Waals surface area contributed by atoms with Crippen LogP contribution in [-0.4, -0.2) is 46.0 Å². The highest BCUT2D eigenvalue weighted by Gasteiger charge is 2.24. The summed E-state index contributed by atoms with van der Waals surface area (Å²) in [7, 11) is 0. The summed E-state index contributed by atoms with van der Waals surface area (Å²) >= 11 is 0. The van der Waals surface area contributed by atoms with Gasteiger partial charge in [-0.3, -0.25) is 0 Å². The van der Waals surface area contributed by atoms with Crippen LogP contribution in [-0.2, 0) is 0 Å². The molecule has 20 heavy (non-hydrogen) atoms. The van der Waals surface area contributed by atoms with Crippen LogP contribution in [0.15, 0.2) is 10.3 Å². The Bertz CT molecular complexity index is 328. The molecule has 4 N–H and O–H groups in total. The van der Waals surface area contributed by atoms with E-state index in [0.717, 1.165) is 13.1 Å². The highest BCUT2D eigenvalue weighted by Crippen LogP contribution is 2.08. The van der Waals surface area contributed by atoms with E-state index < -0.39 is 0 Å². The van der Waals surface area contributed by atoms with E-state index in [1.165, 1.54) is 0 Å². The third-order valence-corrected chi connectivity index (χ3v) is 3.89. The molecule has 0 atom stereocenters. The van der Waals surface area contributed by atoms with Crippen LogP contribution in [0.25, 0.3) is 0 Å². The molecule has 0 radical (unpaired) electrons. The summed E-state index contributed by atoms with van der Waals surface area (Å²) in [5.41, 5.74) is 0.643. The van der Waals surface area contributed by atoms with Crippen LogP contribution in [0.3, 0.4) is 0 Å². The van der Waals surface area contributed by atoms with Crippen molar-refractivity contribution >= 4 is 11.4 Å². The maximum Gasteiger partial charge on any atom is 0.0734 e. The lowest BCUT2D eigenvalue weighted by Gasteiger charge is -2.30. The van der Waals surface area contributed by atoms with E-state index in [1.54, 1.807) is 13.8 Å². The van der Waals surface area contributed by atoms with Crippen LogP contribution in [0.4, 0.5) is 0 Å². The van der Waals surface area contributed by atoms with Gasteiger partial charge in [0.05, 0.1) is 22.5 Å². The topological polar surface area (TPSA) is 89.2 Å². The molecule has 0 amide bonds. The molecule has 0 saturated heterocycles. The predicted molar refractivity (Wildman–Crippen MR) is 83.1 cm³/mol. The van der Waals surface area contributed by atoms with E-state index in [-0.39, 0.29) is 11.1 Å². The summed E-state index contributed by atoms with van der Waals surface area (Å²) in [6.45, 7) is 15.2. The summed E-state index contributed by atoms with van der Waals surface area (Å²) < 4.78 is 0. The van der Waals surface area contributed by atoms with Gasteiger partial charge in [-0.2, -0.15) is 0 Å². The van der Waals surface area contributed by atoms with Crippen molar-refractivity contribution in [1.82, 2.24) is 10.6 Å². The third kappa shape index (κ3) is 5.88. The fourth-order valence-corrected chi connectivity index (χ4v) is 1.44. The van der Waals surface area contributed by atoms with Crippen molar-refractivity contribution in [2.75, 3.05) is 13.1 Å². The summed E-state index contributed by atoms with van der Waals surface area (Å²) in [6, 6.07) is 0. The van der Waals surface area contributed by atoms with Crippen LogP contribution >= 0.6 is 0 Å². The molecule has 6 nitrogen and oxygen atoms in total. The van der Waals surface area contributed by atoms with Gasteiger partial charge in [0.2, 0.25) is 0 Å². The second-order valence-electron chi connectivity index (χ2n) is 6.49. The van der Waals surface area contributed by atoms with E-state index in [0.29, 0.717) is 17.3 Å². The van der Waals surface area contributed by atoms with Gasteiger partial charge in [-0.05, 0) is 60.5 Å². The lowest BCUT2D eigenvalue weighted by molar-refractivity contribution is 0.305. The number of hydrogen-bond donors (Lipinski definition) is 4. The minimum absolute atomic E-state index is 0.332.